The summed E-state index contributed by atoms with van der Waals surface area (Å²) < 4.78 is 2.27. The van der Waals surface area contributed by atoms with Gasteiger partial charge in [0.05, 0.1) is 0 Å². The second-order valence-electron chi connectivity index (χ2n) is 4.77. The van der Waals surface area contributed by atoms with Gasteiger partial charge in [0, 0.05) is 23.8 Å². The third-order valence-electron chi connectivity index (χ3n) is 3.11. The van der Waals surface area contributed by atoms with Crippen LogP contribution in [0, 0.1) is 0 Å². The first-order chi connectivity index (χ1) is 8.75. The van der Waals surface area contributed by atoms with E-state index in [1.54, 1.807) is 17.8 Å². The zero-order chi connectivity index (χ0) is 12.5. The van der Waals surface area contributed by atoms with Crippen molar-refractivity contribution in [2.75, 3.05) is 5.75 Å². The van der Waals surface area contributed by atoms with Crippen LogP contribution < -0.4 is 0 Å². The molecular weight excluding hydrogens is 250 g/mol. The molecule has 18 heavy (non-hydrogen) atoms. The van der Waals surface area contributed by atoms with Gasteiger partial charge in [-0.15, -0.1) is 10.2 Å². The fourth-order valence-electron chi connectivity index (χ4n) is 1.95. The van der Waals surface area contributed by atoms with Crippen molar-refractivity contribution in [3.63, 3.8) is 0 Å². The molecule has 0 amide bonds. The van der Waals surface area contributed by atoms with Gasteiger partial charge in [0.2, 0.25) is 0 Å². The van der Waals surface area contributed by atoms with Gasteiger partial charge in [-0.25, -0.2) is 4.79 Å². The van der Waals surface area contributed by atoms with Crippen molar-refractivity contribution in [2.24, 2.45) is 0 Å². The van der Waals surface area contributed by atoms with Crippen LogP contribution in [0.1, 0.15) is 43.5 Å². The quantitative estimate of drug-likeness (QED) is 0.631. The average molecular weight is 265 g/mol. The fourth-order valence-corrected chi connectivity index (χ4v) is 2.78. The summed E-state index contributed by atoms with van der Waals surface area (Å²) in [6.45, 7) is 0. The van der Waals surface area contributed by atoms with E-state index in [2.05, 4.69) is 14.8 Å². The van der Waals surface area contributed by atoms with Crippen molar-refractivity contribution in [2.45, 2.75) is 42.8 Å². The minimum Gasteiger partial charge on any atom is -0.478 e. The molecule has 0 radical (unpaired) electrons. The standard InChI is InChI=1S/C12H15N3O2S/c16-10(17)2-1-7-18-12-14-13-11(8-3-4-8)15(12)9-5-6-9/h1-2,8-9H,3-7H2,(H,16,17). The third-order valence-corrected chi connectivity index (χ3v) is 4.01. The second-order valence-corrected chi connectivity index (χ2v) is 5.75. The van der Waals surface area contributed by atoms with Gasteiger partial charge in [-0.05, 0) is 25.7 Å². The van der Waals surface area contributed by atoms with Crippen molar-refractivity contribution in [3.05, 3.63) is 18.0 Å². The van der Waals surface area contributed by atoms with Crippen molar-refractivity contribution >= 4 is 17.7 Å². The summed E-state index contributed by atoms with van der Waals surface area (Å²) in [4.78, 5) is 10.4. The van der Waals surface area contributed by atoms with Crippen LogP contribution in [0.3, 0.4) is 0 Å². The van der Waals surface area contributed by atoms with E-state index >= 15 is 0 Å². The van der Waals surface area contributed by atoms with Gasteiger partial charge < -0.3 is 9.67 Å². The van der Waals surface area contributed by atoms with Crippen molar-refractivity contribution in [1.29, 1.82) is 0 Å². The van der Waals surface area contributed by atoms with Gasteiger partial charge in [0.25, 0.3) is 0 Å². The van der Waals surface area contributed by atoms with E-state index in [1.807, 2.05) is 0 Å². The van der Waals surface area contributed by atoms with E-state index < -0.39 is 5.97 Å². The summed E-state index contributed by atoms with van der Waals surface area (Å²) in [7, 11) is 0. The SMILES string of the molecule is O=C(O)C=CCSc1nnc(C2CC2)n1C1CC1. The second kappa shape index (κ2) is 4.76. The van der Waals surface area contributed by atoms with E-state index in [4.69, 9.17) is 5.11 Å². The molecule has 1 N–H and O–H groups in total. The first kappa shape index (κ1) is 11.8. The number of aromatic nitrogens is 3. The third kappa shape index (κ3) is 2.58. The summed E-state index contributed by atoms with van der Waals surface area (Å²) >= 11 is 1.56. The fraction of sp³-hybridized carbons (Fsp3) is 0.583. The molecule has 0 spiro atoms. The highest BCUT2D eigenvalue weighted by molar-refractivity contribution is 7.99. The van der Waals surface area contributed by atoms with Crippen molar-refractivity contribution < 1.29 is 9.90 Å². The van der Waals surface area contributed by atoms with Gasteiger partial charge >= 0.3 is 5.97 Å². The lowest BCUT2D eigenvalue weighted by Crippen LogP contribution is -2.01. The van der Waals surface area contributed by atoms with Crippen molar-refractivity contribution in [1.82, 2.24) is 14.8 Å². The molecule has 0 bridgehead atoms. The molecule has 1 heterocycles. The van der Waals surface area contributed by atoms with Crippen molar-refractivity contribution in [3.8, 4) is 0 Å². The Kier molecular flexibility index (Phi) is 3.11. The molecule has 0 saturated heterocycles. The predicted molar refractivity (Wildman–Crippen MR) is 67.8 cm³/mol. The van der Waals surface area contributed by atoms with Crippen LogP contribution in [0.2, 0.25) is 0 Å². The Morgan fingerprint density at radius 1 is 1.39 bits per heavy atom. The molecule has 1 aromatic heterocycles. The van der Waals surface area contributed by atoms with Crippen LogP contribution in [0.25, 0.3) is 0 Å². The smallest absolute Gasteiger partial charge is 0.328 e. The Morgan fingerprint density at radius 3 is 2.78 bits per heavy atom. The van der Waals surface area contributed by atoms with Gasteiger partial charge in [-0.2, -0.15) is 0 Å². The number of carbonyl (C=O) groups is 1. The summed E-state index contributed by atoms with van der Waals surface area (Å²) in [5.41, 5.74) is 0. The summed E-state index contributed by atoms with van der Waals surface area (Å²) in [5, 5.41) is 18.0. The highest BCUT2D eigenvalue weighted by atomic mass is 32.2. The Balaban J connectivity index is 1.69. The number of hydrogen-bond acceptors (Lipinski definition) is 4. The summed E-state index contributed by atoms with van der Waals surface area (Å²) in [6, 6.07) is 0.585. The van der Waals surface area contributed by atoms with Crippen LogP contribution in [0.15, 0.2) is 17.3 Å². The molecule has 2 aliphatic carbocycles. The Labute approximate surface area is 109 Å². The lowest BCUT2D eigenvalue weighted by atomic mass is 10.4. The Bertz CT molecular complexity index is 490. The van der Waals surface area contributed by atoms with E-state index in [1.165, 1.54) is 31.8 Å². The highest BCUT2D eigenvalue weighted by Crippen LogP contribution is 2.45. The van der Waals surface area contributed by atoms with Gasteiger partial charge in [0.1, 0.15) is 5.82 Å². The molecule has 2 fully saturated rings. The molecule has 96 valence electrons. The number of nitrogens with zero attached hydrogens (tertiary/aromatic N) is 3. The molecule has 1 aromatic rings. The summed E-state index contributed by atoms with van der Waals surface area (Å²) in [5.74, 6) is 1.48. The van der Waals surface area contributed by atoms with E-state index in [-0.39, 0.29) is 0 Å². The molecule has 0 aliphatic heterocycles. The maximum Gasteiger partial charge on any atom is 0.328 e. The topological polar surface area (TPSA) is 68.0 Å². The van der Waals surface area contributed by atoms with Crippen LogP contribution >= 0.6 is 11.8 Å². The number of thioether (sulfide) groups is 1. The number of aliphatic carboxylic acids is 1. The van der Waals surface area contributed by atoms with E-state index in [0.717, 1.165) is 11.0 Å². The van der Waals surface area contributed by atoms with Crippen LogP contribution in [-0.4, -0.2) is 31.6 Å². The van der Waals surface area contributed by atoms with Crippen LogP contribution in [0.5, 0.6) is 0 Å². The maximum atomic E-state index is 10.4. The molecule has 0 aromatic carbocycles. The van der Waals surface area contributed by atoms with Gasteiger partial charge in [-0.3, -0.25) is 0 Å². The monoisotopic (exact) mass is 265 g/mol. The lowest BCUT2D eigenvalue weighted by Gasteiger charge is -2.06. The van der Waals surface area contributed by atoms with Crippen LogP contribution in [-0.2, 0) is 4.79 Å². The Morgan fingerprint density at radius 2 is 2.17 bits per heavy atom. The number of carboxylic acid groups (broad SMARTS) is 1. The zero-order valence-corrected chi connectivity index (χ0v) is 10.8. The highest BCUT2D eigenvalue weighted by Gasteiger charge is 2.36. The Hall–Kier alpha value is -1.30. The summed E-state index contributed by atoms with van der Waals surface area (Å²) in [6.07, 6.45) is 7.72. The largest absolute Gasteiger partial charge is 0.478 e. The number of rotatable bonds is 6. The zero-order valence-electron chi connectivity index (χ0n) is 9.95. The van der Waals surface area contributed by atoms with Crippen LogP contribution in [0.4, 0.5) is 0 Å². The molecule has 5 nitrogen and oxygen atoms in total. The normalized spacial score (nSPS) is 19.6. The maximum absolute atomic E-state index is 10.4. The molecule has 0 unspecified atom stereocenters. The average Bonchev–Trinajstić information content (AvgIpc) is 3.23. The molecular formula is C12H15N3O2S. The predicted octanol–water partition coefficient (Wildman–Crippen LogP) is 2.22. The molecule has 3 rings (SSSR count). The number of carboxylic acids is 1. The molecule has 2 aliphatic rings. The minimum absolute atomic E-state index is 0.585. The first-order valence-corrected chi connectivity index (χ1v) is 7.21. The molecule has 6 heteroatoms. The molecule has 0 atom stereocenters. The van der Waals surface area contributed by atoms with Gasteiger partial charge in [-0.1, -0.05) is 17.8 Å². The van der Waals surface area contributed by atoms with E-state index in [0.29, 0.717) is 17.7 Å². The molecule has 2 saturated carbocycles. The van der Waals surface area contributed by atoms with Gasteiger partial charge in [0.15, 0.2) is 5.16 Å². The van der Waals surface area contributed by atoms with E-state index in [9.17, 15) is 4.79 Å². The lowest BCUT2D eigenvalue weighted by molar-refractivity contribution is -0.131. The number of hydrogen-bond donors (Lipinski definition) is 1. The first-order valence-electron chi connectivity index (χ1n) is 6.23. The minimum atomic E-state index is -0.905.